The normalized spacial score (nSPS) is 11.5. The molecule has 23 heavy (non-hydrogen) atoms. The van der Waals surface area contributed by atoms with E-state index in [0.717, 1.165) is 5.56 Å². The molecule has 0 atom stereocenters. The monoisotopic (exact) mass is 338 g/mol. The van der Waals surface area contributed by atoms with Crippen molar-refractivity contribution >= 4 is 16.1 Å². The van der Waals surface area contributed by atoms with E-state index < -0.39 is 16.1 Å². The zero-order valence-corrected chi connectivity index (χ0v) is 13.8. The van der Waals surface area contributed by atoms with Gasteiger partial charge in [-0.1, -0.05) is 31.5 Å². The van der Waals surface area contributed by atoms with Gasteiger partial charge in [-0.3, -0.25) is 0 Å². The summed E-state index contributed by atoms with van der Waals surface area (Å²) in [7, 11) is -3.92. The molecule has 0 aliphatic carbocycles. The molecule has 0 aliphatic rings. The SMILES string of the molecule is Cc1ccc(S(=O)(=O)NC(=O)NCc2nnc(C(C)C)o2)cc1. The Hall–Kier alpha value is -2.42. The number of nitrogens with one attached hydrogen (secondary N) is 2. The Bertz CT molecular complexity index is 781. The number of carbonyl (C=O) groups is 1. The molecule has 0 bridgehead atoms. The van der Waals surface area contributed by atoms with Crippen molar-refractivity contribution in [2.75, 3.05) is 0 Å². The Morgan fingerprint density at radius 3 is 2.43 bits per heavy atom. The highest BCUT2D eigenvalue weighted by Crippen LogP contribution is 2.12. The fourth-order valence-corrected chi connectivity index (χ4v) is 2.59. The van der Waals surface area contributed by atoms with Gasteiger partial charge in [-0.2, -0.15) is 0 Å². The number of aromatic nitrogens is 2. The van der Waals surface area contributed by atoms with Crippen molar-refractivity contribution in [3.63, 3.8) is 0 Å². The number of benzene rings is 1. The third-order valence-electron chi connectivity index (χ3n) is 2.93. The minimum Gasteiger partial charge on any atom is -0.423 e. The van der Waals surface area contributed by atoms with Crippen molar-refractivity contribution in [2.24, 2.45) is 0 Å². The first-order valence-corrected chi connectivity index (χ1v) is 8.46. The lowest BCUT2D eigenvalue weighted by Crippen LogP contribution is -2.39. The summed E-state index contributed by atoms with van der Waals surface area (Å²) in [5.41, 5.74) is 0.922. The Kier molecular flexibility index (Phi) is 4.99. The molecule has 2 N–H and O–H groups in total. The van der Waals surface area contributed by atoms with E-state index in [2.05, 4.69) is 15.5 Å². The molecule has 124 valence electrons. The van der Waals surface area contributed by atoms with E-state index in [-0.39, 0.29) is 23.2 Å². The molecule has 0 radical (unpaired) electrons. The summed E-state index contributed by atoms with van der Waals surface area (Å²) in [5.74, 6) is 0.734. The third-order valence-corrected chi connectivity index (χ3v) is 4.28. The Balaban J connectivity index is 1.94. The van der Waals surface area contributed by atoms with Crippen LogP contribution < -0.4 is 10.0 Å². The quantitative estimate of drug-likeness (QED) is 0.857. The molecule has 0 unspecified atom stereocenters. The average Bonchev–Trinajstić information content (AvgIpc) is 2.94. The van der Waals surface area contributed by atoms with Gasteiger partial charge in [0, 0.05) is 5.92 Å². The van der Waals surface area contributed by atoms with Gasteiger partial charge in [0.1, 0.15) is 0 Å². The minimum atomic E-state index is -3.92. The van der Waals surface area contributed by atoms with Gasteiger partial charge in [-0.25, -0.2) is 17.9 Å². The molecule has 2 aromatic rings. The van der Waals surface area contributed by atoms with Crippen LogP contribution in [0.15, 0.2) is 33.6 Å². The fraction of sp³-hybridized carbons (Fsp3) is 0.357. The van der Waals surface area contributed by atoms with Crippen LogP contribution in [0.5, 0.6) is 0 Å². The molecule has 8 nitrogen and oxygen atoms in total. The lowest BCUT2D eigenvalue weighted by molar-refractivity contribution is 0.244. The first-order valence-electron chi connectivity index (χ1n) is 6.97. The Labute approximate surface area is 134 Å². The molecular formula is C14H18N4O4S. The van der Waals surface area contributed by atoms with Gasteiger partial charge in [0.2, 0.25) is 11.8 Å². The fourth-order valence-electron chi connectivity index (χ4n) is 1.66. The molecule has 1 heterocycles. The second-order valence-electron chi connectivity index (χ2n) is 5.29. The topological polar surface area (TPSA) is 114 Å². The van der Waals surface area contributed by atoms with Crippen LogP contribution in [0.2, 0.25) is 0 Å². The molecule has 0 aliphatic heterocycles. The predicted molar refractivity (Wildman–Crippen MR) is 82.1 cm³/mol. The van der Waals surface area contributed by atoms with Gasteiger partial charge in [0.25, 0.3) is 10.0 Å². The highest BCUT2D eigenvalue weighted by molar-refractivity contribution is 7.90. The van der Waals surface area contributed by atoms with Gasteiger partial charge in [-0.05, 0) is 19.1 Å². The van der Waals surface area contributed by atoms with Crippen molar-refractivity contribution in [1.82, 2.24) is 20.2 Å². The zero-order valence-electron chi connectivity index (χ0n) is 13.0. The number of hydrogen-bond acceptors (Lipinski definition) is 6. The van der Waals surface area contributed by atoms with Crippen LogP contribution >= 0.6 is 0 Å². The summed E-state index contributed by atoms with van der Waals surface area (Å²) < 4.78 is 31.3. The summed E-state index contributed by atoms with van der Waals surface area (Å²) in [4.78, 5) is 11.7. The van der Waals surface area contributed by atoms with Gasteiger partial charge >= 0.3 is 6.03 Å². The zero-order chi connectivity index (χ0) is 17.0. The molecule has 1 aromatic carbocycles. The van der Waals surface area contributed by atoms with Gasteiger partial charge in [0.05, 0.1) is 11.4 Å². The van der Waals surface area contributed by atoms with Crippen LogP contribution in [0.1, 0.15) is 37.1 Å². The molecule has 0 fully saturated rings. The molecule has 2 rings (SSSR count). The van der Waals surface area contributed by atoms with Crippen molar-refractivity contribution < 1.29 is 17.6 Å². The number of amides is 2. The van der Waals surface area contributed by atoms with E-state index in [1.54, 1.807) is 12.1 Å². The van der Waals surface area contributed by atoms with Crippen LogP contribution in [0, 0.1) is 6.92 Å². The summed E-state index contributed by atoms with van der Waals surface area (Å²) >= 11 is 0. The maximum atomic E-state index is 12.0. The predicted octanol–water partition coefficient (Wildman–Crippen LogP) is 1.69. The van der Waals surface area contributed by atoms with Crippen LogP contribution in [0.25, 0.3) is 0 Å². The van der Waals surface area contributed by atoms with Gasteiger partial charge in [-0.15, -0.1) is 10.2 Å². The second kappa shape index (κ2) is 6.78. The van der Waals surface area contributed by atoms with Crippen molar-refractivity contribution in [3.8, 4) is 0 Å². The van der Waals surface area contributed by atoms with E-state index >= 15 is 0 Å². The number of hydrogen-bond donors (Lipinski definition) is 2. The maximum Gasteiger partial charge on any atom is 0.329 e. The smallest absolute Gasteiger partial charge is 0.329 e. The van der Waals surface area contributed by atoms with Crippen LogP contribution in [-0.2, 0) is 16.6 Å². The van der Waals surface area contributed by atoms with Gasteiger partial charge < -0.3 is 9.73 Å². The summed E-state index contributed by atoms with van der Waals surface area (Å²) in [6.07, 6.45) is 0. The van der Waals surface area contributed by atoms with E-state index in [4.69, 9.17) is 4.42 Å². The minimum absolute atomic E-state index is 0.0122. The molecule has 2 amide bonds. The van der Waals surface area contributed by atoms with E-state index in [9.17, 15) is 13.2 Å². The third kappa shape index (κ3) is 4.52. The maximum absolute atomic E-state index is 12.0. The number of sulfonamides is 1. The highest BCUT2D eigenvalue weighted by Gasteiger charge is 2.18. The number of aryl methyl sites for hydroxylation is 1. The molecule has 0 saturated heterocycles. The van der Waals surface area contributed by atoms with Crippen molar-refractivity contribution in [3.05, 3.63) is 41.6 Å². The average molecular weight is 338 g/mol. The first-order chi connectivity index (χ1) is 10.8. The van der Waals surface area contributed by atoms with Crippen molar-refractivity contribution in [1.29, 1.82) is 0 Å². The summed E-state index contributed by atoms with van der Waals surface area (Å²) in [5, 5.41) is 9.95. The molecule has 9 heteroatoms. The second-order valence-corrected chi connectivity index (χ2v) is 6.97. The van der Waals surface area contributed by atoms with E-state index in [0.29, 0.717) is 5.89 Å². The highest BCUT2D eigenvalue weighted by atomic mass is 32.2. The number of nitrogens with zero attached hydrogens (tertiary/aromatic N) is 2. The van der Waals surface area contributed by atoms with Crippen LogP contribution in [-0.4, -0.2) is 24.6 Å². The molecular weight excluding hydrogens is 320 g/mol. The summed E-state index contributed by atoms with van der Waals surface area (Å²) in [6.45, 7) is 5.57. The van der Waals surface area contributed by atoms with E-state index in [1.165, 1.54) is 12.1 Å². The molecule has 0 spiro atoms. The van der Waals surface area contributed by atoms with Crippen LogP contribution in [0.3, 0.4) is 0 Å². The lowest BCUT2D eigenvalue weighted by atomic mass is 10.2. The Morgan fingerprint density at radius 1 is 1.22 bits per heavy atom. The lowest BCUT2D eigenvalue weighted by Gasteiger charge is -2.07. The van der Waals surface area contributed by atoms with Gasteiger partial charge in [0.15, 0.2) is 0 Å². The largest absolute Gasteiger partial charge is 0.423 e. The van der Waals surface area contributed by atoms with Crippen LogP contribution in [0.4, 0.5) is 4.79 Å². The number of urea groups is 1. The first kappa shape index (κ1) is 16.9. The summed E-state index contributed by atoms with van der Waals surface area (Å²) in [6, 6.07) is 5.29. The number of rotatable bonds is 5. The van der Waals surface area contributed by atoms with Crippen molar-refractivity contribution in [2.45, 2.75) is 38.1 Å². The number of carbonyl (C=O) groups excluding carboxylic acids is 1. The molecule has 1 aromatic heterocycles. The standard InChI is InChI=1S/C14H18N4O4S/c1-9(2)13-17-16-12(22-13)8-15-14(19)18-23(20,21)11-6-4-10(3)5-7-11/h4-7,9H,8H2,1-3H3,(H2,15,18,19). The Morgan fingerprint density at radius 2 is 1.87 bits per heavy atom. The molecule has 0 saturated carbocycles. The van der Waals surface area contributed by atoms with E-state index in [1.807, 2.05) is 25.5 Å².